The van der Waals surface area contributed by atoms with Crippen LogP contribution in [0.25, 0.3) is 0 Å². The van der Waals surface area contributed by atoms with Crippen molar-refractivity contribution in [2.24, 2.45) is 5.92 Å². The fourth-order valence-electron chi connectivity index (χ4n) is 2.05. The highest BCUT2D eigenvalue weighted by Gasteiger charge is 2.31. The lowest BCUT2D eigenvalue weighted by molar-refractivity contribution is 0.516. The van der Waals surface area contributed by atoms with E-state index >= 15 is 0 Å². The van der Waals surface area contributed by atoms with Gasteiger partial charge in [0.05, 0.1) is 0 Å². The highest BCUT2D eigenvalue weighted by molar-refractivity contribution is 4.89. The van der Waals surface area contributed by atoms with Crippen LogP contribution in [0.1, 0.15) is 32.6 Å². The van der Waals surface area contributed by atoms with Gasteiger partial charge in [0, 0.05) is 12.1 Å². The molecule has 0 spiro atoms. The van der Waals surface area contributed by atoms with E-state index in [2.05, 4.69) is 17.6 Å². The highest BCUT2D eigenvalue weighted by atomic mass is 15.0. The van der Waals surface area contributed by atoms with Gasteiger partial charge in [0.15, 0.2) is 0 Å². The van der Waals surface area contributed by atoms with Gasteiger partial charge in [-0.2, -0.15) is 0 Å². The van der Waals surface area contributed by atoms with E-state index in [9.17, 15) is 0 Å². The summed E-state index contributed by atoms with van der Waals surface area (Å²) in [5.41, 5.74) is 0. The molecule has 0 bridgehead atoms. The average Bonchev–Trinajstić information content (AvgIpc) is 2.58. The number of rotatable bonds is 4. The molecule has 3 unspecified atom stereocenters. The minimum Gasteiger partial charge on any atom is -0.314 e. The van der Waals surface area contributed by atoms with E-state index in [1.807, 2.05) is 0 Å². The second-order valence-corrected chi connectivity index (χ2v) is 4.36. The summed E-state index contributed by atoms with van der Waals surface area (Å²) in [6, 6.07) is 1.66. The zero-order valence-electron chi connectivity index (χ0n) is 7.97. The SMILES string of the molecule is CC1CC1NCCC1CCCN1. The molecule has 0 aromatic carbocycles. The Balaban J connectivity index is 1.51. The maximum atomic E-state index is 3.59. The van der Waals surface area contributed by atoms with Crippen molar-refractivity contribution < 1.29 is 0 Å². The summed E-state index contributed by atoms with van der Waals surface area (Å²) in [6.07, 6.45) is 5.49. The molecule has 1 saturated heterocycles. The van der Waals surface area contributed by atoms with Crippen molar-refractivity contribution in [3.8, 4) is 0 Å². The Morgan fingerprint density at radius 3 is 2.92 bits per heavy atom. The average molecular weight is 168 g/mol. The molecular weight excluding hydrogens is 148 g/mol. The molecular formula is C10H20N2. The van der Waals surface area contributed by atoms with Crippen LogP contribution in [0.3, 0.4) is 0 Å². The first-order chi connectivity index (χ1) is 5.86. The van der Waals surface area contributed by atoms with Crippen LogP contribution in [-0.4, -0.2) is 25.2 Å². The molecule has 70 valence electrons. The van der Waals surface area contributed by atoms with Crippen molar-refractivity contribution in [3.63, 3.8) is 0 Å². The molecule has 2 N–H and O–H groups in total. The van der Waals surface area contributed by atoms with Gasteiger partial charge in [-0.1, -0.05) is 6.92 Å². The molecule has 12 heavy (non-hydrogen) atoms. The van der Waals surface area contributed by atoms with Gasteiger partial charge in [0.25, 0.3) is 0 Å². The molecule has 1 heterocycles. The van der Waals surface area contributed by atoms with E-state index in [1.165, 1.54) is 38.8 Å². The van der Waals surface area contributed by atoms with Crippen LogP contribution < -0.4 is 10.6 Å². The zero-order chi connectivity index (χ0) is 8.39. The maximum absolute atomic E-state index is 3.59. The Morgan fingerprint density at radius 2 is 2.33 bits per heavy atom. The summed E-state index contributed by atoms with van der Waals surface area (Å²) in [5, 5.41) is 7.12. The minimum atomic E-state index is 0.812. The number of hydrogen-bond donors (Lipinski definition) is 2. The van der Waals surface area contributed by atoms with Crippen molar-refractivity contribution in [2.75, 3.05) is 13.1 Å². The van der Waals surface area contributed by atoms with Crippen LogP contribution in [-0.2, 0) is 0 Å². The first-order valence-electron chi connectivity index (χ1n) is 5.33. The Labute approximate surface area is 75.1 Å². The third kappa shape index (κ3) is 2.20. The van der Waals surface area contributed by atoms with Gasteiger partial charge in [-0.25, -0.2) is 0 Å². The molecule has 0 aromatic rings. The third-order valence-electron chi connectivity index (χ3n) is 3.17. The Morgan fingerprint density at radius 1 is 1.50 bits per heavy atom. The van der Waals surface area contributed by atoms with Crippen molar-refractivity contribution in [3.05, 3.63) is 0 Å². The Hall–Kier alpha value is -0.0800. The van der Waals surface area contributed by atoms with Gasteiger partial charge < -0.3 is 10.6 Å². The predicted molar refractivity (Wildman–Crippen MR) is 51.2 cm³/mol. The van der Waals surface area contributed by atoms with Crippen molar-refractivity contribution in [1.29, 1.82) is 0 Å². The maximum Gasteiger partial charge on any atom is 0.00963 e. The molecule has 3 atom stereocenters. The second-order valence-electron chi connectivity index (χ2n) is 4.36. The number of nitrogens with one attached hydrogen (secondary N) is 2. The van der Waals surface area contributed by atoms with Gasteiger partial charge >= 0.3 is 0 Å². The van der Waals surface area contributed by atoms with E-state index in [0.29, 0.717) is 0 Å². The quantitative estimate of drug-likeness (QED) is 0.657. The Bertz CT molecular complexity index is 141. The molecule has 2 aliphatic rings. The Kier molecular flexibility index (Phi) is 2.66. The molecule has 1 saturated carbocycles. The van der Waals surface area contributed by atoms with Gasteiger partial charge in [-0.15, -0.1) is 0 Å². The van der Waals surface area contributed by atoms with E-state index in [-0.39, 0.29) is 0 Å². The second kappa shape index (κ2) is 3.75. The molecule has 1 aliphatic carbocycles. The summed E-state index contributed by atoms with van der Waals surface area (Å²) < 4.78 is 0. The number of hydrogen-bond acceptors (Lipinski definition) is 2. The molecule has 0 radical (unpaired) electrons. The predicted octanol–water partition coefficient (Wildman–Crippen LogP) is 1.13. The first-order valence-corrected chi connectivity index (χ1v) is 5.33. The normalized spacial score (nSPS) is 40.2. The van der Waals surface area contributed by atoms with Gasteiger partial charge in [0.1, 0.15) is 0 Å². The van der Waals surface area contributed by atoms with Crippen LogP contribution in [0.15, 0.2) is 0 Å². The van der Waals surface area contributed by atoms with E-state index in [0.717, 1.165) is 18.0 Å². The summed E-state index contributed by atoms with van der Waals surface area (Å²) in [5.74, 6) is 0.946. The topological polar surface area (TPSA) is 24.1 Å². The third-order valence-corrected chi connectivity index (χ3v) is 3.17. The lowest BCUT2D eigenvalue weighted by atomic mass is 10.1. The minimum absolute atomic E-state index is 0.812. The van der Waals surface area contributed by atoms with Crippen LogP contribution in [0, 0.1) is 5.92 Å². The monoisotopic (exact) mass is 168 g/mol. The molecule has 2 heteroatoms. The van der Waals surface area contributed by atoms with Crippen molar-refractivity contribution in [1.82, 2.24) is 10.6 Å². The van der Waals surface area contributed by atoms with Crippen LogP contribution in [0.5, 0.6) is 0 Å². The zero-order valence-corrected chi connectivity index (χ0v) is 7.97. The van der Waals surface area contributed by atoms with E-state index in [4.69, 9.17) is 0 Å². The molecule has 2 nitrogen and oxygen atoms in total. The van der Waals surface area contributed by atoms with Gasteiger partial charge in [0.2, 0.25) is 0 Å². The molecule has 0 aromatic heterocycles. The highest BCUT2D eigenvalue weighted by Crippen LogP contribution is 2.28. The lowest BCUT2D eigenvalue weighted by Gasteiger charge is -2.09. The first kappa shape index (κ1) is 8.52. The lowest BCUT2D eigenvalue weighted by Crippen LogP contribution is -2.28. The van der Waals surface area contributed by atoms with Gasteiger partial charge in [-0.05, 0) is 44.7 Å². The van der Waals surface area contributed by atoms with E-state index < -0.39 is 0 Å². The van der Waals surface area contributed by atoms with Crippen molar-refractivity contribution in [2.45, 2.75) is 44.7 Å². The largest absolute Gasteiger partial charge is 0.314 e. The summed E-state index contributed by atoms with van der Waals surface area (Å²) in [4.78, 5) is 0. The van der Waals surface area contributed by atoms with Gasteiger partial charge in [-0.3, -0.25) is 0 Å². The fraction of sp³-hybridized carbons (Fsp3) is 1.00. The summed E-state index contributed by atoms with van der Waals surface area (Å²) in [7, 11) is 0. The molecule has 0 amide bonds. The van der Waals surface area contributed by atoms with Crippen molar-refractivity contribution >= 4 is 0 Å². The smallest absolute Gasteiger partial charge is 0.00963 e. The molecule has 2 rings (SSSR count). The van der Waals surface area contributed by atoms with E-state index in [1.54, 1.807) is 0 Å². The molecule has 2 fully saturated rings. The summed E-state index contributed by atoms with van der Waals surface area (Å²) in [6.45, 7) is 4.78. The molecule has 1 aliphatic heterocycles. The van der Waals surface area contributed by atoms with Crippen LogP contribution in [0.2, 0.25) is 0 Å². The standard InChI is InChI=1S/C10H20N2/c1-8-7-10(8)12-6-4-9-3-2-5-11-9/h8-12H,2-7H2,1H3. The fourth-order valence-corrected chi connectivity index (χ4v) is 2.05. The summed E-state index contributed by atoms with van der Waals surface area (Å²) >= 11 is 0. The van der Waals surface area contributed by atoms with Crippen LogP contribution in [0.4, 0.5) is 0 Å². The van der Waals surface area contributed by atoms with Crippen LogP contribution >= 0.6 is 0 Å².